The Hall–Kier alpha value is -2.69. The summed E-state index contributed by atoms with van der Waals surface area (Å²) in [6, 6.07) is 6.87. The third-order valence-corrected chi connectivity index (χ3v) is 5.58. The van der Waals surface area contributed by atoms with Crippen molar-refractivity contribution in [3.63, 3.8) is 0 Å². The molecule has 0 saturated carbocycles. The van der Waals surface area contributed by atoms with Gasteiger partial charge in [0.15, 0.2) is 5.82 Å². The Balaban J connectivity index is 1.58. The van der Waals surface area contributed by atoms with E-state index in [2.05, 4.69) is 20.8 Å². The number of hydrogen-bond acceptors (Lipinski definition) is 4. The minimum absolute atomic E-state index is 0.0604. The molecule has 11 heteroatoms. The Bertz CT molecular complexity index is 990. The number of hydrogen-bond donors (Lipinski definition) is 3. The number of carbonyl (C=O) groups is 2. The average Bonchev–Trinajstić information content (AvgIpc) is 3.07. The number of anilines is 1. The summed E-state index contributed by atoms with van der Waals surface area (Å²) in [5, 5.41) is 12.1. The van der Waals surface area contributed by atoms with E-state index in [-0.39, 0.29) is 35.5 Å². The smallest absolute Gasteiger partial charge is 0.349 e. The van der Waals surface area contributed by atoms with Crippen LogP contribution in [-0.4, -0.2) is 50.4 Å². The molecule has 0 aliphatic carbocycles. The molecule has 0 saturated heterocycles. The standard InChI is InChI=1S/C20H23F3N4O3S/c1-31(30)11-16(28)25-18-17-15(26-27-18)10-14(24-19(17)29)6-5-12-3-2-4-13(9-12)7-8-20(21,22)23/h2-4,9,14H,5-8,10-11H2,1H3,(H,24,29)(H2,25,26,27,28). The second-order valence-electron chi connectivity index (χ2n) is 7.54. The van der Waals surface area contributed by atoms with Gasteiger partial charge in [-0.15, -0.1) is 0 Å². The third kappa shape index (κ3) is 6.65. The van der Waals surface area contributed by atoms with Crippen LogP contribution in [0.5, 0.6) is 0 Å². The number of benzene rings is 1. The molecule has 0 radical (unpaired) electrons. The highest BCUT2D eigenvalue weighted by Crippen LogP contribution is 2.25. The number of halogens is 3. The SMILES string of the molecule is CS(=O)CC(=O)Nc1n[nH]c2c1C(=O)NC(CCc1cccc(CCC(F)(F)F)c1)C2. The van der Waals surface area contributed by atoms with Crippen LogP contribution in [0.3, 0.4) is 0 Å². The predicted octanol–water partition coefficient (Wildman–Crippen LogP) is 2.51. The summed E-state index contributed by atoms with van der Waals surface area (Å²) in [6.45, 7) is 0. The molecule has 2 unspecified atom stereocenters. The van der Waals surface area contributed by atoms with E-state index >= 15 is 0 Å². The summed E-state index contributed by atoms with van der Waals surface area (Å²) in [6.07, 6.45) is -2.01. The Morgan fingerprint density at radius 2 is 2.00 bits per heavy atom. The first-order chi connectivity index (χ1) is 14.6. The number of H-pyrrole nitrogens is 1. The molecule has 2 atom stereocenters. The normalized spacial score (nSPS) is 17.0. The summed E-state index contributed by atoms with van der Waals surface area (Å²) in [5.74, 6) is -0.936. The van der Waals surface area contributed by atoms with Crippen LogP contribution < -0.4 is 10.6 Å². The molecule has 1 aliphatic rings. The number of rotatable bonds is 8. The Kier molecular flexibility index (Phi) is 7.14. The van der Waals surface area contributed by atoms with Gasteiger partial charge >= 0.3 is 6.18 Å². The van der Waals surface area contributed by atoms with Crippen LogP contribution in [0.25, 0.3) is 0 Å². The summed E-state index contributed by atoms with van der Waals surface area (Å²) in [4.78, 5) is 24.4. The van der Waals surface area contributed by atoms with Gasteiger partial charge in [0.05, 0.1) is 5.69 Å². The summed E-state index contributed by atoms with van der Waals surface area (Å²) in [5.41, 5.74) is 2.40. The number of amides is 2. The number of aromatic nitrogens is 2. The lowest BCUT2D eigenvalue weighted by atomic mass is 9.95. The fraction of sp³-hybridized carbons (Fsp3) is 0.450. The zero-order valence-electron chi connectivity index (χ0n) is 16.8. The van der Waals surface area contributed by atoms with E-state index in [0.717, 1.165) is 5.56 Å². The maximum atomic E-state index is 12.5. The molecule has 7 nitrogen and oxygen atoms in total. The molecule has 31 heavy (non-hydrogen) atoms. The number of nitrogens with one attached hydrogen (secondary N) is 3. The van der Waals surface area contributed by atoms with Crippen molar-refractivity contribution in [2.75, 3.05) is 17.3 Å². The van der Waals surface area contributed by atoms with Gasteiger partial charge in [-0.2, -0.15) is 18.3 Å². The molecule has 1 aromatic carbocycles. The number of carbonyl (C=O) groups excluding carboxylic acids is 2. The van der Waals surface area contributed by atoms with Crippen LogP contribution in [0.1, 0.15) is 40.0 Å². The molecule has 0 bridgehead atoms. The maximum Gasteiger partial charge on any atom is 0.389 e. The number of fused-ring (bicyclic) bond motifs is 1. The van der Waals surface area contributed by atoms with Gasteiger partial charge in [0.1, 0.15) is 11.3 Å². The molecule has 168 valence electrons. The number of alkyl halides is 3. The fourth-order valence-corrected chi connectivity index (χ4v) is 3.95. The van der Waals surface area contributed by atoms with Crippen LogP contribution in [0.4, 0.5) is 19.0 Å². The van der Waals surface area contributed by atoms with Crippen LogP contribution >= 0.6 is 0 Å². The third-order valence-electron chi connectivity index (χ3n) is 4.92. The first-order valence-electron chi connectivity index (χ1n) is 9.73. The van der Waals surface area contributed by atoms with Crippen molar-refractivity contribution in [3.8, 4) is 0 Å². The van der Waals surface area contributed by atoms with E-state index in [9.17, 15) is 27.0 Å². The number of nitrogens with zero attached hydrogens (tertiary/aromatic N) is 1. The van der Waals surface area contributed by atoms with Crippen molar-refractivity contribution in [1.82, 2.24) is 15.5 Å². The Morgan fingerprint density at radius 3 is 2.68 bits per heavy atom. The number of aromatic amines is 1. The fourth-order valence-electron chi connectivity index (χ4n) is 3.51. The molecule has 3 rings (SSSR count). The van der Waals surface area contributed by atoms with Crippen molar-refractivity contribution in [3.05, 3.63) is 46.6 Å². The van der Waals surface area contributed by atoms with Crippen molar-refractivity contribution >= 4 is 28.4 Å². The zero-order valence-corrected chi connectivity index (χ0v) is 17.7. The molecular formula is C20H23F3N4O3S. The van der Waals surface area contributed by atoms with Gasteiger partial charge in [-0.3, -0.25) is 18.9 Å². The number of aryl methyl sites for hydroxylation is 2. The molecule has 0 spiro atoms. The first-order valence-corrected chi connectivity index (χ1v) is 11.5. The molecule has 3 N–H and O–H groups in total. The van der Waals surface area contributed by atoms with Crippen LogP contribution in [0.2, 0.25) is 0 Å². The highest BCUT2D eigenvalue weighted by molar-refractivity contribution is 7.85. The van der Waals surface area contributed by atoms with Gasteiger partial charge in [-0.1, -0.05) is 24.3 Å². The van der Waals surface area contributed by atoms with E-state index < -0.39 is 29.3 Å². The van der Waals surface area contributed by atoms with Gasteiger partial charge in [-0.25, -0.2) is 0 Å². The van der Waals surface area contributed by atoms with Crippen LogP contribution in [-0.2, 0) is 34.9 Å². The minimum Gasteiger partial charge on any atom is -0.349 e. The largest absolute Gasteiger partial charge is 0.389 e. The second-order valence-corrected chi connectivity index (χ2v) is 8.97. The van der Waals surface area contributed by atoms with Gasteiger partial charge in [-0.05, 0) is 30.4 Å². The van der Waals surface area contributed by atoms with Gasteiger partial charge in [0, 0.05) is 35.9 Å². The minimum atomic E-state index is -4.18. The zero-order chi connectivity index (χ0) is 22.6. The van der Waals surface area contributed by atoms with Crippen molar-refractivity contribution < 1.29 is 27.0 Å². The molecular weight excluding hydrogens is 433 g/mol. The van der Waals surface area contributed by atoms with Gasteiger partial charge < -0.3 is 10.6 Å². The first kappa shape index (κ1) is 23.0. The summed E-state index contributed by atoms with van der Waals surface area (Å²) < 4.78 is 48.5. The maximum absolute atomic E-state index is 12.5. The van der Waals surface area contributed by atoms with Crippen LogP contribution in [0, 0.1) is 0 Å². The highest BCUT2D eigenvalue weighted by Gasteiger charge is 2.30. The molecule has 0 fully saturated rings. The summed E-state index contributed by atoms with van der Waals surface area (Å²) >= 11 is 0. The molecule has 1 aromatic heterocycles. The quantitative estimate of drug-likeness (QED) is 0.568. The topological polar surface area (TPSA) is 104 Å². The molecule has 2 amide bonds. The molecule has 2 aromatic rings. The Labute approximate surface area is 179 Å². The lowest BCUT2D eigenvalue weighted by Gasteiger charge is -2.23. The van der Waals surface area contributed by atoms with Gasteiger partial charge in [0.2, 0.25) is 5.91 Å². The van der Waals surface area contributed by atoms with Crippen molar-refractivity contribution in [2.45, 2.75) is 44.3 Å². The van der Waals surface area contributed by atoms with E-state index in [4.69, 9.17) is 0 Å². The molecule has 1 aliphatic heterocycles. The lowest BCUT2D eigenvalue weighted by molar-refractivity contribution is -0.134. The second kappa shape index (κ2) is 9.63. The lowest BCUT2D eigenvalue weighted by Crippen LogP contribution is -2.41. The van der Waals surface area contributed by atoms with E-state index in [1.54, 1.807) is 18.2 Å². The monoisotopic (exact) mass is 456 g/mol. The van der Waals surface area contributed by atoms with E-state index in [1.807, 2.05) is 6.07 Å². The van der Waals surface area contributed by atoms with Crippen LogP contribution in [0.15, 0.2) is 24.3 Å². The Morgan fingerprint density at radius 1 is 1.29 bits per heavy atom. The van der Waals surface area contributed by atoms with E-state index in [0.29, 0.717) is 30.5 Å². The van der Waals surface area contributed by atoms with Crippen molar-refractivity contribution in [1.29, 1.82) is 0 Å². The van der Waals surface area contributed by atoms with Crippen molar-refractivity contribution in [2.24, 2.45) is 0 Å². The highest BCUT2D eigenvalue weighted by atomic mass is 32.2. The van der Waals surface area contributed by atoms with E-state index in [1.165, 1.54) is 6.26 Å². The predicted molar refractivity (Wildman–Crippen MR) is 110 cm³/mol. The average molecular weight is 456 g/mol. The van der Waals surface area contributed by atoms with Gasteiger partial charge in [0.25, 0.3) is 5.91 Å². The molecule has 2 heterocycles. The summed E-state index contributed by atoms with van der Waals surface area (Å²) in [7, 11) is -1.31.